The summed E-state index contributed by atoms with van der Waals surface area (Å²) in [5.41, 5.74) is -1.17. The Kier molecular flexibility index (Phi) is 4.43. The molecule has 1 amide bonds. The van der Waals surface area contributed by atoms with Crippen molar-refractivity contribution in [3.8, 4) is 0 Å². The van der Waals surface area contributed by atoms with E-state index >= 15 is 0 Å². The van der Waals surface area contributed by atoms with E-state index in [0.29, 0.717) is 12.3 Å². The number of aromatic nitrogens is 1. The van der Waals surface area contributed by atoms with Crippen LogP contribution in [0.4, 0.5) is 13.2 Å². The predicted molar refractivity (Wildman–Crippen MR) is 70.2 cm³/mol. The van der Waals surface area contributed by atoms with E-state index in [2.05, 4.69) is 10.3 Å². The number of carbonyl (C=O) groups excluding carboxylic acids is 1. The molecule has 0 saturated carbocycles. The fourth-order valence-electron chi connectivity index (χ4n) is 2.21. The molecule has 2 heterocycles. The van der Waals surface area contributed by atoms with E-state index in [1.54, 1.807) is 6.92 Å². The lowest BCUT2D eigenvalue weighted by Crippen LogP contribution is -2.56. The molecular formula is C12H14F3N3O3S. The van der Waals surface area contributed by atoms with E-state index < -0.39 is 33.8 Å². The van der Waals surface area contributed by atoms with E-state index in [0.717, 1.165) is 10.4 Å². The fourth-order valence-corrected chi connectivity index (χ4v) is 3.81. The quantitative estimate of drug-likeness (QED) is 0.892. The van der Waals surface area contributed by atoms with E-state index in [1.807, 2.05) is 0 Å². The van der Waals surface area contributed by atoms with Crippen LogP contribution in [0.1, 0.15) is 19.0 Å². The molecular weight excluding hydrogens is 323 g/mol. The summed E-state index contributed by atoms with van der Waals surface area (Å²) >= 11 is 0. The lowest BCUT2D eigenvalue weighted by Gasteiger charge is -2.33. The molecule has 1 aliphatic heterocycles. The van der Waals surface area contributed by atoms with Crippen LogP contribution >= 0.6 is 0 Å². The average molecular weight is 337 g/mol. The van der Waals surface area contributed by atoms with Gasteiger partial charge >= 0.3 is 6.18 Å². The first-order valence-electron chi connectivity index (χ1n) is 6.50. The number of hydrogen-bond donors (Lipinski definition) is 1. The summed E-state index contributed by atoms with van der Waals surface area (Å²) < 4.78 is 63.4. The summed E-state index contributed by atoms with van der Waals surface area (Å²) in [7, 11) is -4.08. The number of amides is 1. The number of alkyl halides is 3. The van der Waals surface area contributed by atoms with Gasteiger partial charge in [-0.3, -0.25) is 9.78 Å². The maximum absolute atomic E-state index is 12.5. The zero-order valence-electron chi connectivity index (χ0n) is 11.6. The second kappa shape index (κ2) is 5.84. The second-order valence-electron chi connectivity index (χ2n) is 4.71. The van der Waals surface area contributed by atoms with Crippen molar-refractivity contribution in [2.75, 3.05) is 13.1 Å². The van der Waals surface area contributed by atoms with Crippen LogP contribution in [0.3, 0.4) is 0 Å². The first-order valence-corrected chi connectivity index (χ1v) is 7.94. The summed E-state index contributed by atoms with van der Waals surface area (Å²) in [6, 6.07) is 0.587. The van der Waals surface area contributed by atoms with Gasteiger partial charge in [-0.15, -0.1) is 0 Å². The molecule has 1 fully saturated rings. The smallest absolute Gasteiger partial charge is 0.353 e. The molecule has 1 aromatic rings. The van der Waals surface area contributed by atoms with Crippen molar-refractivity contribution in [3.05, 3.63) is 24.0 Å². The van der Waals surface area contributed by atoms with Crippen LogP contribution in [-0.4, -0.2) is 42.7 Å². The van der Waals surface area contributed by atoms with Gasteiger partial charge < -0.3 is 5.32 Å². The number of sulfonamides is 1. The standard InChI is InChI=1S/C12H14F3N3O3S/c1-2-9-11(19)16-5-6-18(9)22(20,21)8-3-4-10(17-7-8)12(13,14)15/h3-4,7,9H,2,5-6H2,1H3,(H,16,19). The summed E-state index contributed by atoms with van der Waals surface area (Å²) in [6.07, 6.45) is -3.71. The van der Waals surface area contributed by atoms with E-state index in [4.69, 9.17) is 0 Å². The Hall–Kier alpha value is -1.68. The number of carbonyl (C=O) groups is 1. The van der Waals surface area contributed by atoms with Gasteiger partial charge in [0.2, 0.25) is 15.9 Å². The summed E-state index contributed by atoms with van der Waals surface area (Å²) in [5.74, 6) is -0.419. The van der Waals surface area contributed by atoms with Gasteiger partial charge in [-0.25, -0.2) is 8.42 Å². The van der Waals surface area contributed by atoms with Gasteiger partial charge in [0.1, 0.15) is 16.6 Å². The largest absolute Gasteiger partial charge is 0.433 e. The number of piperazine rings is 1. The minimum absolute atomic E-state index is 0.0631. The van der Waals surface area contributed by atoms with E-state index in [-0.39, 0.29) is 24.4 Å². The summed E-state index contributed by atoms with van der Waals surface area (Å²) in [4.78, 5) is 14.5. The highest BCUT2D eigenvalue weighted by Crippen LogP contribution is 2.28. The van der Waals surface area contributed by atoms with Crippen LogP contribution in [0.15, 0.2) is 23.2 Å². The van der Waals surface area contributed by atoms with Gasteiger partial charge in [0.15, 0.2) is 0 Å². The molecule has 2 rings (SSSR count). The number of nitrogens with one attached hydrogen (secondary N) is 1. The third kappa shape index (κ3) is 3.07. The number of halogens is 3. The molecule has 0 aromatic carbocycles. The lowest BCUT2D eigenvalue weighted by atomic mass is 10.2. The van der Waals surface area contributed by atoms with Crippen molar-refractivity contribution in [2.45, 2.75) is 30.5 Å². The maximum atomic E-state index is 12.5. The molecule has 0 spiro atoms. The minimum atomic E-state index is -4.64. The van der Waals surface area contributed by atoms with Crippen LogP contribution in [0, 0.1) is 0 Å². The zero-order valence-corrected chi connectivity index (χ0v) is 12.4. The Morgan fingerprint density at radius 2 is 2.09 bits per heavy atom. The molecule has 0 aliphatic carbocycles. The molecule has 0 radical (unpaired) electrons. The normalized spacial score (nSPS) is 20.7. The highest BCUT2D eigenvalue weighted by molar-refractivity contribution is 7.89. The maximum Gasteiger partial charge on any atom is 0.433 e. The Bertz CT molecular complexity index is 658. The predicted octanol–water partition coefficient (Wildman–Crippen LogP) is 1.000. The summed E-state index contributed by atoms with van der Waals surface area (Å²) in [6.45, 7) is 1.87. The van der Waals surface area contributed by atoms with Gasteiger partial charge in [-0.05, 0) is 18.6 Å². The Morgan fingerprint density at radius 1 is 1.41 bits per heavy atom. The van der Waals surface area contributed by atoms with Crippen LogP contribution in [-0.2, 0) is 21.0 Å². The van der Waals surface area contributed by atoms with Crippen molar-refractivity contribution in [1.29, 1.82) is 0 Å². The molecule has 6 nitrogen and oxygen atoms in total. The molecule has 1 atom stereocenters. The fraction of sp³-hybridized carbons (Fsp3) is 0.500. The van der Waals surface area contributed by atoms with E-state index in [9.17, 15) is 26.4 Å². The van der Waals surface area contributed by atoms with Gasteiger partial charge in [0, 0.05) is 19.3 Å². The molecule has 1 aliphatic rings. The van der Waals surface area contributed by atoms with Crippen LogP contribution in [0.5, 0.6) is 0 Å². The van der Waals surface area contributed by atoms with Crippen molar-refractivity contribution in [1.82, 2.24) is 14.6 Å². The van der Waals surface area contributed by atoms with Crippen molar-refractivity contribution in [2.24, 2.45) is 0 Å². The number of hydrogen-bond acceptors (Lipinski definition) is 4. The third-order valence-corrected chi connectivity index (χ3v) is 5.19. The van der Waals surface area contributed by atoms with Crippen molar-refractivity contribution < 1.29 is 26.4 Å². The molecule has 1 aromatic heterocycles. The molecule has 1 unspecified atom stereocenters. The molecule has 1 saturated heterocycles. The lowest BCUT2D eigenvalue weighted by molar-refractivity contribution is -0.141. The Labute approximate surface area is 125 Å². The van der Waals surface area contributed by atoms with Crippen molar-refractivity contribution in [3.63, 3.8) is 0 Å². The Balaban J connectivity index is 2.35. The van der Waals surface area contributed by atoms with E-state index in [1.165, 1.54) is 0 Å². The first kappa shape index (κ1) is 16.7. The number of rotatable bonds is 3. The third-order valence-electron chi connectivity index (χ3n) is 3.30. The SMILES string of the molecule is CCC1C(=O)NCCN1S(=O)(=O)c1ccc(C(F)(F)F)nc1. The zero-order chi connectivity index (χ0) is 16.5. The van der Waals surface area contributed by atoms with Gasteiger partial charge in [0.25, 0.3) is 0 Å². The molecule has 0 bridgehead atoms. The van der Waals surface area contributed by atoms with Crippen LogP contribution in [0.25, 0.3) is 0 Å². The number of nitrogens with zero attached hydrogens (tertiary/aromatic N) is 2. The van der Waals surface area contributed by atoms with Crippen LogP contribution in [0.2, 0.25) is 0 Å². The summed E-state index contributed by atoms with van der Waals surface area (Å²) in [5, 5.41) is 2.56. The number of pyridine rings is 1. The monoisotopic (exact) mass is 337 g/mol. The van der Waals surface area contributed by atoms with Crippen molar-refractivity contribution >= 4 is 15.9 Å². The van der Waals surface area contributed by atoms with Gasteiger partial charge in [0.05, 0.1) is 0 Å². The Morgan fingerprint density at radius 3 is 2.59 bits per heavy atom. The first-order chi connectivity index (χ1) is 10.2. The topological polar surface area (TPSA) is 79.4 Å². The average Bonchev–Trinajstić information content (AvgIpc) is 2.46. The molecule has 122 valence electrons. The highest BCUT2D eigenvalue weighted by Gasteiger charge is 2.38. The van der Waals surface area contributed by atoms with Gasteiger partial charge in [-0.1, -0.05) is 6.92 Å². The second-order valence-corrected chi connectivity index (χ2v) is 6.60. The van der Waals surface area contributed by atoms with Crippen LogP contribution < -0.4 is 5.32 Å². The highest BCUT2D eigenvalue weighted by atomic mass is 32.2. The molecule has 22 heavy (non-hydrogen) atoms. The minimum Gasteiger partial charge on any atom is -0.353 e. The molecule has 10 heteroatoms. The van der Waals surface area contributed by atoms with Gasteiger partial charge in [-0.2, -0.15) is 17.5 Å². The molecule has 1 N–H and O–H groups in total.